The first kappa shape index (κ1) is 26.4. The van der Waals surface area contributed by atoms with Gasteiger partial charge < -0.3 is 9.64 Å². The van der Waals surface area contributed by atoms with Gasteiger partial charge in [0.2, 0.25) is 5.78 Å². The number of aromatic nitrogens is 2. The molecule has 2 heterocycles. The highest BCUT2D eigenvalue weighted by Crippen LogP contribution is 2.19. The first-order valence-electron chi connectivity index (χ1n) is 11.2. The summed E-state index contributed by atoms with van der Waals surface area (Å²) in [6, 6.07) is 11.2. The Hall–Kier alpha value is -1.89. The van der Waals surface area contributed by atoms with Gasteiger partial charge in [0.15, 0.2) is 0 Å². The van der Waals surface area contributed by atoms with Gasteiger partial charge in [-0.2, -0.15) is 0 Å². The number of ketones is 1. The lowest BCUT2D eigenvalue weighted by atomic mass is 10.1. The van der Waals surface area contributed by atoms with Crippen LogP contribution in [0.1, 0.15) is 62.0 Å². The van der Waals surface area contributed by atoms with Crippen LogP contribution in [-0.4, -0.2) is 46.3 Å². The lowest BCUT2D eigenvalue weighted by Gasteiger charge is -2.21. The number of rotatable bonds is 13. The highest BCUT2D eigenvalue weighted by Gasteiger charge is 2.14. The van der Waals surface area contributed by atoms with Gasteiger partial charge in [-0.15, -0.1) is 12.4 Å². The molecule has 32 heavy (non-hydrogen) atoms. The molecular formula is C25H33BrClN3O2. The minimum atomic E-state index is -0.0559. The van der Waals surface area contributed by atoms with Crippen LogP contribution < -0.4 is 4.74 Å². The fourth-order valence-electron chi connectivity index (χ4n) is 3.55. The number of nitrogens with zero attached hydrogens (tertiary/aromatic N) is 3. The Morgan fingerprint density at radius 1 is 1.00 bits per heavy atom. The Balaban J connectivity index is 0.00000363. The van der Waals surface area contributed by atoms with Crippen LogP contribution in [0.5, 0.6) is 5.75 Å². The molecule has 0 saturated carbocycles. The van der Waals surface area contributed by atoms with E-state index in [0.717, 1.165) is 28.8 Å². The topological polar surface area (TPSA) is 46.8 Å². The predicted octanol–water partition coefficient (Wildman–Crippen LogP) is 6.42. The number of ether oxygens (including phenoxy) is 1. The number of pyridine rings is 1. The molecule has 2 aromatic heterocycles. The maximum Gasteiger partial charge on any atom is 0.211 e. The highest BCUT2D eigenvalue weighted by molar-refractivity contribution is 9.10. The zero-order valence-corrected chi connectivity index (χ0v) is 21.3. The van der Waals surface area contributed by atoms with Crippen LogP contribution in [0.15, 0.2) is 53.3 Å². The quantitative estimate of drug-likeness (QED) is 0.192. The summed E-state index contributed by atoms with van der Waals surface area (Å²) in [6.07, 6.45) is 9.46. The summed E-state index contributed by atoms with van der Waals surface area (Å²) in [6.45, 7) is 8.58. The summed E-state index contributed by atoms with van der Waals surface area (Å²) in [5, 5.41) is 0. The Morgan fingerprint density at radius 3 is 2.31 bits per heavy atom. The van der Waals surface area contributed by atoms with Crippen LogP contribution in [0.4, 0.5) is 0 Å². The fourth-order valence-corrected chi connectivity index (χ4v) is 3.89. The standard InChI is InChI=1S/C25H32BrN3O2.ClH/c1-3-5-14-28(15-6-4-2)16-7-17-31-22-11-8-20(9-12-22)25(30)23-18-27-24-13-10-21(26)19-29(23)24;/h8-13,18-19H,3-7,14-17H2,1-2H3;1H. The highest BCUT2D eigenvalue weighted by atomic mass is 79.9. The van der Waals surface area contributed by atoms with E-state index in [0.29, 0.717) is 17.9 Å². The second kappa shape index (κ2) is 13.6. The van der Waals surface area contributed by atoms with E-state index in [2.05, 4.69) is 39.7 Å². The SMILES string of the molecule is CCCCN(CCCC)CCCOc1ccc(C(=O)c2cnc3ccc(Br)cn23)cc1.Cl. The first-order valence-corrected chi connectivity index (χ1v) is 12.0. The number of imidazole rings is 1. The minimum absolute atomic E-state index is 0. The molecule has 1 aromatic carbocycles. The van der Waals surface area contributed by atoms with Crippen LogP contribution >= 0.6 is 28.3 Å². The molecule has 0 amide bonds. The Kier molecular flexibility index (Phi) is 11.2. The lowest BCUT2D eigenvalue weighted by Crippen LogP contribution is -2.28. The molecule has 0 unspecified atom stereocenters. The van der Waals surface area contributed by atoms with Gasteiger partial charge in [0, 0.05) is 22.8 Å². The van der Waals surface area contributed by atoms with E-state index in [1.54, 1.807) is 10.6 Å². The molecular weight excluding hydrogens is 490 g/mol. The predicted molar refractivity (Wildman–Crippen MR) is 136 cm³/mol. The van der Waals surface area contributed by atoms with Crippen molar-refractivity contribution in [1.29, 1.82) is 0 Å². The van der Waals surface area contributed by atoms with Gasteiger partial charge in [0.1, 0.15) is 17.1 Å². The number of halogens is 2. The van der Waals surface area contributed by atoms with Gasteiger partial charge in [-0.25, -0.2) is 4.98 Å². The number of benzene rings is 1. The third-order valence-electron chi connectivity index (χ3n) is 5.36. The second-order valence-corrected chi connectivity index (χ2v) is 8.74. The number of carbonyl (C=O) groups is 1. The molecule has 5 nitrogen and oxygen atoms in total. The molecule has 0 spiro atoms. The maximum absolute atomic E-state index is 12.9. The van der Waals surface area contributed by atoms with Crippen molar-refractivity contribution < 1.29 is 9.53 Å². The van der Waals surface area contributed by atoms with Gasteiger partial charge >= 0.3 is 0 Å². The summed E-state index contributed by atoms with van der Waals surface area (Å²) in [7, 11) is 0. The monoisotopic (exact) mass is 521 g/mol. The molecule has 7 heteroatoms. The van der Waals surface area contributed by atoms with Crippen molar-refractivity contribution in [1.82, 2.24) is 14.3 Å². The average molecular weight is 523 g/mol. The molecule has 3 rings (SSSR count). The molecule has 0 aliphatic rings. The van der Waals surface area contributed by atoms with Crippen molar-refractivity contribution in [2.45, 2.75) is 46.0 Å². The van der Waals surface area contributed by atoms with Crippen molar-refractivity contribution in [2.24, 2.45) is 0 Å². The molecule has 0 N–H and O–H groups in total. The molecule has 0 aliphatic heterocycles. The summed E-state index contributed by atoms with van der Waals surface area (Å²) < 4.78 is 8.62. The molecule has 0 saturated heterocycles. The molecule has 0 fully saturated rings. The summed E-state index contributed by atoms with van der Waals surface area (Å²) >= 11 is 3.45. The van der Waals surface area contributed by atoms with Crippen LogP contribution in [0.3, 0.4) is 0 Å². The van der Waals surface area contributed by atoms with Crippen molar-refractivity contribution in [3.8, 4) is 5.75 Å². The smallest absolute Gasteiger partial charge is 0.211 e. The Labute approximate surface area is 205 Å². The Bertz CT molecular complexity index is 967. The largest absolute Gasteiger partial charge is 0.494 e. The zero-order chi connectivity index (χ0) is 22.1. The van der Waals surface area contributed by atoms with E-state index in [1.165, 1.54) is 38.8 Å². The van der Waals surface area contributed by atoms with Crippen LogP contribution in [-0.2, 0) is 0 Å². The number of unbranched alkanes of at least 4 members (excludes halogenated alkanes) is 2. The zero-order valence-electron chi connectivity index (χ0n) is 18.9. The number of carbonyl (C=O) groups excluding carboxylic acids is 1. The van der Waals surface area contributed by atoms with Gasteiger partial charge in [-0.05, 0) is 84.7 Å². The van der Waals surface area contributed by atoms with Crippen molar-refractivity contribution >= 4 is 39.8 Å². The molecule has 0 radical (unpaired) electrons. The minimum Gasteiger partial charge on any atom is -0.494 e. The van der Waals surface area contributed by atoms with E-state index in [1.807, 2.05) is 42.6 Å². The van der Waals surface area contributed by atoms with Crippen molar-refractivity contribution in [2.75, 3.05) is 26.2 Å². The molecule has 3 aromatic rings. The second-order valence-electron chi connectivity index (χ2n) is 7.82. The Morgan fingerprint density at radius 2 is 1.66 bits per heavy atom. The van der Waals surface area contributed by atoms with Crippen LogP contribution in [0, 0.1) is 0 Å². The van der Waals surface area contributed by atoms with Gasteiger partial charge in [-0.1, -0.05) is 26.7 Å². The average Bonchev–Trinajstić information content (AvgIpc) is 3.20. The van der Waals surface area contributed by atoms with E-state index < -0.39 is 0 Å². The van der Waals surface area contributed by atoms with Crippen molar-refractivity contribution in [3.05, 3.63) is 64.5 Å². The lowest BCUT2D eigenvalue weighted by molar-refractivity contribution is 0.103. The fraction of sp³-hybridized carbons (Fsp3) is 0.440. The number of hydrogen-bond acceptors (Lipinski definition) is 4. The van der Waals surface area contributed by atoms with Gasteiger partial charge in [0.25, 0.3) is 0 Å². The van der Waals surface area contributed by atoms with E-state index in [9.17, 15) is 4.79 Å². The first-order chi connectivity index (χ1) is 15.1. The number of hydrogen-bond donors (Lipinski definition) is 0. The summed E-state index contributed by atoms with van der Waals surface area (Å²) in [5.74, 6) is 0.741. The van der Waals surface area contributed by atoms with Crippen molar-refractivity contribution in [3.63, 3.8) is 0 Å². The molecule has 0 aliphatic carbocycles. The van der Waals surface area contributed by atoms with E-state index in [-0.39, 0.29) is 18.2 Å². The molecule has 174 valence electrons. The van der Waals surface area contributed by atoms with E-state index >= 15 is 0 Å². The normalized spacial score (nSPS) is 11.0. The number of fused-ring (bicyclic) bond motifs is 1. The summed E-state index contributed by atoms with van der Waals surface area (Å²) in [4.78, 5) is 19.8. The third kappa shape index (κ3) is 7.32. The maximum atomic E-state index is 12.9. The molecule has 0 bridgehead atoms. The van der Waals surface area contributed by atoms with E-state index in [4.69, 9.17) is 4.74 Å². The summed E-state index contributed by atoms with van der Waals surface area (Å²) in [5.41, 5.74) is 1.92. The molecule has 0 atom stereocenters. The third-order valence-corrected chi connectivity index (χ3v) is 5.83. The van der Waals surface area contributed by atoms with Crippen LogP contribution in [0.25, 0.3) is 5.65 Å². The van der Waals surface area contributed by atoms with Gasteiger partial charge in [-0.3, -0.25) is 9.20 Å². The van der Waals surface area contributed by atoms with Crippen LogP contribution in [0.2, 0.25) is 0 Å². The van der Waals surface area contributed by atoms with Gasteiger partial charge in [0.05, 0.1) is 12.8 Å².